The molecule has 0 N–H and O–H groups in total. The predicted molar refractivity (Wildman–Crippen MR) is 73.8 cm³/mol. The van der Waals surface area contributed by atoms with Crippen molar-refractivity contribution in [3.8, 4) is 5.75 Å². The van der Waals surface area contributed by atoms with E-state index in [1.807, 2.05) is 18.2 Å². The van der Waals surface area contributed by atoms with E-state index in [0.29, 0.717) is 11.8 Å². The fraction of sp³-hybridized carbons (Fsp3) is 0.538. The normalized spacial score (nSPS) is 12.9. The molecule has 0 saturated carbocycles. The van der Waals surface area contributed by atoms with Gasteiger partial charge in [0, 0.05) is 10.4 Å². The van der Waals surface area contributed by atoms with Crippen LogP contribution in [0.2, 0.25) is 5.02 Å². The molecule has 0 aliphatic rings. The first-order valence-electron chi connectivity index (χ1n) is 5.46. The van der Waals surface area contributed by atoms with Gasteiger partial charge in [-0.05, 0) is 42.0 Å². The van der Waals surface area contributed by atoms with Crippen LogP contribution in [0, 0.1) is 11.8 Å². The fourth-order valence-electron chi connectivity index (χ4n) is 1.66. The molecule has 0 aliphatic heterocycles. The average molecular weight is 306 g/mol. The third kappa shape index (κ3) is 3.67. The van der Waals surface area contributed by atoms with Gasteiger partial charge in [0.1, 0.15) is 5.75 Å². The van der Waals surface area contributed by atoms with E-state index < -0.39 is 0 Å². The molecule has 16 heavy (non-hydrogen) atoms. The molecule has 1 aromatic rings. The van der Waals surface area contributed by atoms with Gasteiger partial charge in [-0.3, -0.25) is 0 Å². The fourth-order valence-corrected chi connectivity index (χ4v) is 2.83. The van der Waals surface area contributed by atoms with Gasteiger partial charge in [0.05, 0.1) is 7.11 Å². The van der Waals surface area contributed by atoms with Crippen molar-refractivity contribution in [1.29, 1.82) is 0 Å². The van der Waals surface area contributed by atoms with Gasteiger partial charge in [-0.25, -0.2) is 0 Å². The largest absolute Gasteiger partial charge is 0.496 e. The molecule has 0 aliphatic carbocycles. The lowest BCUT2D eigenvalue weighted by molar-refractivity contribution is 0.390. The van der Waals surface area contributed by atoms with Crippen LogP contribution in [0.5, 0.6) is 5.75 Å². The molecule has 0 spiro atoms. The van der Waals surface area contributed by atoms with Crippen molar-refractivity contribution in [3.63, 3.8) is 0 Å². The highest BCUT2D eigenvalue weighted by Gasteiger charge is 2.15. The minimum atomic E-state index is 0.604. The Morgan fingerprint density at radius 1 is 1.38 bits per heavy atom. The summed E-state index contributed by atoms with van der Waals surface area (Å²) >= 11 is 9.58. The lowest BCUT2D eigenvalue weighted by atomic mass is 9.91. The predicted octanol–water partition coefficient (Wildman–Crippen LogP) is 4.56. The average Bonchev–Trinajstić information content (AvgIpc) is 2.25. The van der Waals surface area contributed by atoms with Gasteiger partial charge in [-0.1, -0.05) is 41.4 Å². The molecule has 90 valence electrons. The molecular formula is C13H18BrClO. The summed E-state index contributed by atoms with van der Waals surface area (Å²) in [6.07, 6.45) is 0.993. The second-order valence-corrected chi connectivity index (χ2v) is 5.40. The number of halogens is 2. The van der Waals surface area contributed by atoms with Gasteiger partial charge in [0.2, 0.25) is 0 Å². The van der Waals surface area contributed by atoms with Crippen molar-refractivity contribution in [3.05, 3.63) is 28.8 Å². The summed E-state index contributed by atoms with van der Waals surface area (Å²) in [5.74, 6) is 2.17. The summed E-state index contributed by atoms with van der Waals surface area (Å²) in [5, 5.41) is 1.77. The van der Waals surface area contributed by atoms with Gasteiger partial charge in [-0.2, -0.15) is 0 Å². The Morgan fingerprint density at radius 2 is 2.06 bits per heavy atom. The van der Waals surface area contributed by atoms with Crippen LogP contribution in [0.4, 0.5) is 0 Å². The zero-order valence-corrected chi connectivity index (χ0v) is 12.3. The summed E-state index contributed by atoms with van der Waals surface area (Å²) in [6, 6.07) is 5.80. The molecular weight excluding hydrogens is 287 g/mol. The summed E-state index contributed by atoms with van der Waals surface area (Å²) in [4.78, 5) is 0. The molecule has 1 rings (SSSR count). The second kappa shape index (κ2) is 6.51. The monoisotopic (exact) mass is 304 g/mol. The third-order valence-corrected chi connectivity index (χ3v) is 3.93. The van der Waals surface area contributed by atoms with E-state index in [1.165, 1.54) is 5.56 Å². The van der Waals surface area contributed by atoms with Crippen molar-refractivity contribution < 1.29 is 4.74 Å². The van der Waals surface area contributed by atoms with E-state index in [2.05, 4.69) is 29.8 Å². The number of hydrogen-bond acceptors (Lipinski definition) is 1. The lowest BCUT2D eigenvalue weighted by Crippen LogP contribution is -2.14. The second-order valence-electron chi connectivity index (χ2n) is 4.32. The van der Waals surface area contributed by atoms with Crippen molar-refractivity contribution in [1.82, 2.24) is 0 Å². The Bertz CT molecular complexity index is 339. The Labute approximate surface area is 111 Å². The maximum absolute atomic E-state index is 6.01. The first-order valence-corrected chi connectivity index (χ1v) is 6.96. The molecule has 1 unspecified atom stereocenters. The molecule has 0 amide bonds. The van der Waals surface area contributed by atoms with Crippen LogP contribution >= 0.6 is 27.5 Å². The van der Waals surface area contributed by atoms with Crippen LogP contribution in [-0.2, 0) is 6.42 Å². The van der Waals surface area contributed by atoms with Crippen molar-refractivity contribution in [2.75, 3.05) is 12.4 Å². The highest BCUT2D eigenvalue weighted by Crippen LogP contribution is 2.28. The first-order chi connectivity index (χ1) is 7.58. The molecule has 0 bridgehead atoms. The molecule has 1 nitrogen and oxygen atoms in total. The van der Waals surface area contributed by atoms with Gasteiger partial charge in [0.15, 0.2) is 0 Å². The summed E-state index contributed by atoms with van der Waals surface area (Å²) in [6.45, 7) is 4.48. The maximum Gasteiger partial charge on any atom is 0.122 e. The molecule has 3 heteroatoms. The topological polar surface area (TPSA) is 9.23 Å². The van der Waals surface area contributed by atoms with Crippen LogP contribution in [0.15, 0.2) is 18.2 Å². The molecule has 1 aromatic carbocycles. The van der Waals surface area contributed by atoms with E-state index in [1.54, 1.807) is 7.11 Å². The smallest absolute Gasteiger partial charge is 0.122 e. The maximum atomic E-state index is 6.01. The van der Waals surface area contributed by atoms with E-state index in [9.17, 15) is 0 Å². The summed E-state index contributed by atoms with van der Waals surface area (Å²) in [7, 11) is 1.70. The van der Waals surface area contributed by atoms with Crippen molar-refractivity contribution >= 4 is 27.5 Å². The van der Waals surface area contributed by atoms with E-state index >= 15 is 0 Å². The van der Waals surface area contributed by atoms with Crippen molar-refractivity contribution in [2.45, 2.75) is 20.3 Å². The standard InChI is InChI=1S/C13H18BrClO/c1-9(2)11(8-14)6-10-7-12(15)4-5-13(10)16-3/h4-5,7,9,11H,6,8H2,1-3H3. The molecule has 0 fully saturated rings. The number of benzene rings is 1. The Balaban J connectivity index is 2.89. The molecule has 0 saturated heterocycles. The highest BCUT2D eigenvalue weighted by atomic mass is 79.9. The minimum Gasteiger partial charge on any atom is -0.496 e. The lowest BCUT2D eigenvalue weighted by Gasteiger charge is -2.19. The summed E-state index contributed by atoms with van der Waals surface area (Å²) < 4.78 is 5.35. The zero-order valence-electron chi connectivity index (χ0n) is 9.97. The van der Waals surface area contributed by atoms with Gasteiger partial charge in [-0.15, -0.1) is 0 Å². The molecule has 1 atom stereocenters. The number of ether oxygens (including phenoxy) is 1. The van der Waals surface area contributed by atoms with Crippen molar-refractivity contribution in [2.24, 2.45) is 11.8 Å². The van der Waals surface area contributed by atoms with E-state index in [4.69, 9.17) is 16.3 Å². The Kier molecular flexibility index (Phi) is 5.63. The van der Waals surface area contributed by atoms with Gasteiger partial charge < -0.3 is 4.74 Å². The third-order valence-electron chi connectivity index (χ3n) is 2.87. The van der Waals surface area contributed by atoms with Crippen LogP contribution in [0.25, 0.3) is 0 Å². The Hall–Kier alpha value is -0.210. The number of alkyl halides is 1. The first kappa shape index (κ1) is 13.9. The zero-order chi connectivity index (χ0) is 12.1. The van der Waals surface area contributed by atoms with Crippen LogP contribution in [0.1, 0.15) is 19.4 Å². The molecule has 0 radical (unpaired) electrons. The van der Waals surface area contributed by atoms with Gasteiger partial charge >= 0.3 is 0 Å². The molecule has 0 aromatic heterocycles. The van der Waals surface area contributed by atoms with Crippen LogP contribution in [-0.4, -0.2) is 12.4 Å². The van der Waals surface area contributed by atoms with Crippen LogP contribution in [0.3, 0.4) is 0 Å². The highest BCUT2D eigenvalue weighted by molar-refractivity contribution is 9.09. The van der Waals surface area contributed by atoms with E-state index in [-0.39, 0.29) is 0 Å². The molecule has 0 heterocycles. The number of rotatable bonds is 5. The number of hydrogen-bond donors (Lipinski definition) is 0. The number of methoxy groups -OCH3 is 1. The quantitative estimate of drug-likeness (QED) is 0.725. The Morgan fingerprint density at radius 3 is 2.56 bits per heavy atom. The summed E-state index contributed by atoms with van der Waals surface area (Å²) in [5.41, 5.74) is 1.19. The van der Waals surface area contributed by atoms with Gasteiger partial charge in [0.25, 0.3) is 0 Å². The van der Waals surface area contributed by atoms with E-state index in [0.717, 1.165) is 22.5 Å². The SMILES string of the molecule is COc1ccc(Cl)cc1CC(CBr)C(C)C. The van der Waals surface area contributed by atoms with Crippen LogP contribution < -0.4 is 4.74 Å². The minimum absolute atomic E-state index is 0.604.